The van der Waals surface area contributed by atoms with Crippen molar-refractivity contribution in [2.24, 2.45) is 0 Å². The second kappa shape index (κ2) is 9.27. The van der Waals surface area contributed by atoms with Gasteiger partial charge in [-0.25, -0.2) is 12.8 Å². The first kappa shape index (κ1) is 22.0. The number of anilines is 1. The van der Waals surface area contributed by atoms with Crippen LogP contribution in [0.5, 0.6) is 0 Å². The number of carbonyl (C=O) groups excluding carboxylic acids is 2. The van der Waals surface area contributed by atoms with Gasteiger partial charge in [-0.15, -0.1) is 0 Å². The molecule has 1 amide bonds. The minimum absolute atomic E-state index is 0.394. The molecular formula is C19H18FN3O5S. The Morgan fingerprint density at radius 1 is 1.10 bits per heavy atom. The molecule has 8 nitrogen and oxygen atoms in total. The molecule has 0 aromatic heterocycles. The van der Waals surface area contributed by atoms with E-state index in [0.717, 1.165) is 12.1 Å². The molecule has 29 heavy (non-hydrogen) atoms. The fourth-order valence-electron chi connectivity index (χ4n) is 2.21. The molecule has 0 aliphatic rings. The van der Waals surface area contributed by atoms with Crippen molar-refractivity contribution in [2.45, 2.75) is 30.9 Å². The number of nitriles is 1. The summed E-state index contributed by atoms with van der Waals surface area (Å²) in [6.45, 7) is 2.53. The lowest BCUT2D eigenvalue weighted by atomic mass is 10.2. The number of ether oxygens (including phenoxy) is 1. The summed E-state index contributed by atoms with van der Waals surface area (Å²) in [6.07, 6.45) is -1.22. The lowest BCUT2D eigenvalue weighted by Gasteiger charge is -2.18. The van der Waals surface area contributed by atoms with Crippen molar-refractivity contribution in [3.63, 3.8) is 0 Å². The third kappa shape index (κ3) is 5.84. The number of benzene rings is 2. The Morgan fingerprint density at radius 2 is 1.72 bits per heavy atom. The van der Waals surface area contributed by atoms with Gasteiger partial charge in [0.2, 0.25) is 10.0 Å². The van der Waals surface area contributed by atoms with Crippen LogP contribution < -0.4 is 10.0 Å². The first-order valence-corrected chi connectivity index (χ1v) is 9.90. The van der Waals surface area contributed by atoms with Crippen molar-refractivity contribution < 1.29 is 27.1 Å². The number of esters is 1. The molecule has 2 aromatic rings. The van der Waals surface area contributed by atoms with Crippen LogP contribution in [0.25, 0.3) is 0 Å². The predicted octanol–water partition coefficient (Wildman–Crippen LogP) is 1.93. The number of amides is 1. The van der Waals surface area contributed by atoms with Crippen molar-refractivity contribution in [3.8, 4) is 6.07 Å². The number of nitrogens with zero attached hydrogens (tertiary/aromatic N) is 1. The normalized spacial score (nSPS) is 13.0. The molecule has 0 spiro atoms. The lowest BCUT2D eigenvalue weighted by Crippen LogP contribution is -2.42. The quantitative estimate of drug-likeness (QED) is 0.661. The van der Waals surface area contributed by atoms with Crippen molar-refractivity contribution >= 4 is 27.6 Å². The minimum atomic E-state index is -4.30. The van der Waals surface area contributed by atoms with E-state index in [1.807, 2.05) is 10.8 Å². The van der Waals surface area contributed by atoms with Crippen molar-refractivity contribution in [2.75, 3.05) is 5.32 Å². The first-order valence-electron chi connectivity index (χ1n) is 8.42. The second-order valence-corrected chi connectivity index (χ2v) is 7.71. The van der Waals surface area contributed by atoms with E-state index in [9.17, 15) is 22.4 Å². The second-order valence-electron chi connectivity index (χ2n) is 6.03. The van der Waals surface area contributed by atoms with E-state index >= 15 is 0 Å². The van der Waals surface area contributed by atoms with Gasteiger partial charge in [0.15, 0.2) is 6.10 Å². The van der Waals surface area contributed by atoms with Crippen LogP contribution in [-0.4, -0.2) is 32.4 Å². The van der Waals surface area contributed by atoms with E-state index < -0.39 is 44.8 Å². The number of sulfonamides is 1. The molecule has 0 unspecified atom stereocenters. The molecule has 0 saturated heterocycles. The highest BCUT2D eigenvalue weighted by Gasteiger charge is 2.27. The zero-order valence-electron chi connectivity index (χ0n) is 15.5. The summed E-state index contributed by atoms with van der Waals surface area (Å²) in [5.41, 5.74) is 0.809. The summed E-state index contributed by atoms with van der Waals surface area (Å²) < 4.78 is 45.1. The van der Waals surface area contributed by atoms with E-state index in [2.05, 4.69) is 5.32 Å². The van der Waals surface area contributed by atoms with Gasteiger partial charge >= 0.3 is 5.97 Å². The highest BCUT2D eigenvalue weighted by molar-refractivity contribution is 7.89. The molecule has 0 aliphatic carbocycles. The summed E-state index contributed by atoms with van der Waals surface area (Å²) >= 11 is 0. The third-order valence-corrected chi connectivity index (χ3v) is 5.33. The number of nitrogens with one attached hydrogen (secondary N) is 2. The Morgan fingerprint density at radius 3 is 2.31 bits per heavy atom. The van der Waals surface area contributed by atoms with Crippen LogP contribution in [0.4, 0.5) is 10.1 Å². The van der Waals surface area contributed by atoms with Gasteiger partial charge in [-0.3, -0.25) is 9.59 Å². The molecule has 10 heteroatoms. The van der Waals surface area contributed by atoms with E-state index in [4.69, 9.17) is 10.00 Å². The summed E-state index contributed by atoms with van der Waals surface area (Å²) in [5.74, 6) is -2.62. The molecule has 0 saturated carbocycles. The smallest absolute Gasteiger partial charge is 0.324 e. The molecule has 0 bridgehead atoms. The van der Waals surface area contributed by atoms with Crippen LogP contribution in [0.2, 0.25) is 0 Å². The number of hydrogen-bond acceptors (Lipinski definition) is 6. The fraction of sp³-hybridized carbons (Fsp3) is 0.211. The number of rotatable bonds is 7. The highest BCUT2D eigenvalue weighted by atomic mass is 32.2. The lowest BCUT2D eigenvalue weighted by molar-refractivity contribution is -0.154. The predicted molar refractivity (Wildman–Crippen MR) is 102 cm³/mol. The van der Waals surface area contributed by atoms with Gasteiger partial charge in [0, 0.05) is 5.69 Å². The van der Waals surface area contributed by atoms with Crippen LogP contribution in [0, 0.1) is 17.1 Å². The zero-order valence-corrected chi connectivity index (χ0v) is 16.4. The molecule has 0 heterocycles. The van der Waals surface area contributed by atoms with Crippen molar-refractivity contribution in [1.29, 1.82) is 5.26 Å². The molecule has 2 N–H and O–H groups in total. The Bertz CT molecular complexity index is 1050. The van der Waals surface area contributed by atoms with E-state index in [-0.39, 0.29) is 0 Å². The van der Waals surface area contributed by atoms with E-state index in [1.165, 1.54) is 50.2 Å². The highest BCUT2D eigenvalue weighted by Crippen LogP contribution is 2.14. The van der Waals surface area contributed by atoms with Gasteiger partial charge < -0.3 is 10.1 Å². The van der Waals surface area contributed by atoms with Crippen LogP contribution >= 0.6 is 0 Å². The Hall–Kier alpha value is -3.29. The summed E-state index contributed by atoms with van der Waals surface area (Å²) in [5, 5.41) is 11.3. The summed E-state index contributed by atoms with van der Waals surface area (Å²) in [7, 11) is -4.30. The molecular weight excluding hydrogens is 401 g/mol. The number of halogens is 1. The summed E-state index contributed by atoms with van der Waals surface area (Å²) in [6, 6.07) is 11.3. The van der Waals surface area contributed by atoms with E-state index in [1.54, 1.807) is 0 Å². The SMILES string of the molecule is C[C@H](NS(=O)(=O)c1ccccc1F)C(=O)O[C@@H](C)C(=O)Nc1ccc(C#N)cc1. The topological polar surface area (TPSA) is 125 Å². The summed E-state index contributed by atoms with van der Waals surface area (Å²) in [4.78, 5) is 23.7. The van der Waals surface area contributed by atoms with Crippen molar-refractivity contribution in [3.05, 3.63) is 59.9 Å². The monoisotopic (exact) mass is 419 g/mol. The van der Waals surface area contributed by atoms with Crippen LogP contribution in [0.1, 0.15) is 19.4 Å². The van der Waals surface area contributed by atoms with Gasteiger partial charge in [0.05, 0.1) is 11.6 Å². The van der Waals surface area contributed by atoms with Crippen molar-refractivity contribution in [1.82, 2.24) is 4.72 Å². The van der Waals surface area contributed by atoms with Gasteiger partial charge in [-0.2, -0.15) is 9.98 Å². The third-order valence-electron chi connectivity index (χ3n) is 3.76. The minimum Gasteiger partial charge on any atom is -0.451 e. The van der Waals surface area contributed by atoms with E-state index in [0.29, 0.717) is 11.3 Å². The molecule has 0 radical (unpaired) electrons. The fourth-order valence-corrected chi connectivity index (χ4v) is 3.48. The average molecular weight is 419 g/mol. The molecule has 152 valence electrons. The maximum atomic E-state index is 13.7. The first-order chi connectivity index (χ1) is 13.6. The van der Waals surface area contributed by atoms with Gasteiger partial charge in [-0.1, -0.05) is 12.1 Å². The standard InChI is InChI=1S/C19H18FN3O5S/c1-12(23-29(26,27)17-6-4-3-5-16(17)20)19(25)28-13(2)18(24)22-15-9-7-14(11-21)8-10-15/h3-10,12-13,23H,1-2H3,(H,22,24)/t12-,13-/m0/s1. The Kier molecular flexibility index (Phi) is 7.03. The molecule has 2 rings (SSSR count). The Labute approximate surface area is 167 Å². The number of carbonyl (C=O) groups is 2. The molecule has 0 aliphatic heterocycles. The maximum Gasteiger partial charge on any atom is 0.324 e. The molecule has 2 atom stereocenters. The van der Waals surface area contributed by atoms with Gasteiger partial charge in [0.1, 0.15) is 16.8 Å². The Balaban J connectivity index is 1.96. The van der Waals surface area contributed by atoms with Crippen LogP contribution in [0.3, 0.4) is 0 Å². The zero-order chi connectivity index (χ0) is 21.6. The largest absolute Gasteiger partial charge is 0.451 e. The molecule has 0 fully saturated rings. The van der Waals surface area contributed by atoms with Crippen LogP contribution in [0.15, 0.2) is 53.4 Å². The average Bonchev–Trinajstić information content (AvgIpc) is 2.68. The number of hydrogen-bond donors (Lipinski definition) is 2. The van der Waals surface area contributed by atoms with Crippen LogP contribution in [-0.2, 0) is 24.3 Å². The van der Waals surface area contributed by atoms with Gasteiger partial charge in [0.25, 0.3) is 5.91 Å². The molecule has 2 aromatic carbocycles. The van der Waals surface area contributed by atoms with Gasteiger partial charge in [-0.05, 0) is 50.2 Å². The maximum absolute atomic E-state index is 13.7.